The molecule has 3 heteroatoms. The van der Waals surface area contributed by atoms with Crippen molar-refractivity contribution in [2.24, 2.45) is 0 Å². The Kier molecular flexibility index (Phi) is 2.26. The molecular formula is C17H12N2O. The van der Waals surface area contributed by atoms with E-state index in [0.29, 0.717) is 0 Å². The van der Waals surface area contributed by atoms with Gasteiger partial charge in [-0.05, 0) is 17.7 Å². The van der Waals surface area contributed by atoms with Gasteiger partial charge in [-0.25, -0.2) is 0 Å². The van der Waals surface area contributed by atoms with Crippen molar-refractivity contribution in [1.29, 1.82) is 0 Å². The fraction of sp³-hybridized carbons (Fsp3) is 0.0588. The van der Waals surface area contributed by atoms with Crippen LogP contribution in [0.4, 0.5) is 0 Å². The van der Waals surface area contributed by atoms with Crippen LogP contribution in [-0.4, -0.2) is 15.1 Å². The molecular weight excluding hydrogens is 248 g/mol. The van der Waals surface area contributed by atoms with Crippen LogP contribution in [0.5, 0.6) is 0 Å². The summed E-state index contributed by atoms with van der Waals surface area (Å²) < 4.78 is 0. The Morgan fingerprint density at radius 3 is 1.80 bits per heavy atom. The van der Waals surface area contributed by atoms with Gasteiger partial charge in [-0.1, -0.05) is 42.5 Å². The standard InChI is InChI=1S/C17H12N2O/c20-17(12-6-2-1-3-7-12)13-8-4-10-18-15(13)16-14(17)9-5-11-19-16/h1-11,20H. The minimum absolute atomic E-state index is 0.759. The molecule has 0 amide bonds. The monoisotopic (exact) mass is 260 g/mol. The van der Waals surface area contributed by atoms with E-state index in [1.54, 1.807) is 12.4 Å². The lowest BCUT2D eigenvalue weighted by Gasteiger charge is -2.25. The van der Waals surface area contributed by atoms with Gasteiger partial charge in [0.05, 0.1) is 11.4 Å². The normalized spacial score (nSPS) is 14.7. The molecule has 2 heterocycles. The third-order valence-corrected chi connectivity index (χ3v) is 3.81. The molecule has 0 spiro atoms. The number of benzene rings is 1. The van der Waals surface area contributed by atoms with Crippen LogP contribution in [0.1, 0.15) is 16.7 Å². The van der Waals surface area contributed by atoms with Gasteiger partial charge in [0.25, 0.3) is 0 Å². The van der Waals surface area contributed by atoms with Gasteiger partial charge in [0.2, 0.25) is 0 Å². The Bertz CT molecular complexity index is 738. The number of hydrogen-bond donors (Lipinski definition) is 1. The van der Waals surface area contributed by atoms with E-state index in [-0.39, 0.29) is 0 Å². The molecule has 1 aliphatic carbocycles. The van der Waals surface area contributed by atoms with Gasteiger partial charge in [0.15, 0.2) is 0 Å². The summed E-state index contributed by atoms with van der Waals surface area (Å²) in [6, 6.07) is 17.2. The van der Waals surface area contributed by atoms with Gasteiger partial charge < -0.3 is 5.11 Å². The first-order chi connectivity index (χ1) is 9.82. The van der Waals surface area contributed by atoms with Gasteiger partial charge in [-0.15, -0.1) is 0 Å². The van der Waals surface area contributed by atoms with Crippen LogP contribution in [-0.2, 0) is 5.60 Å². The maximum atomic E-state index is 11.4. The summed E-state index contributed by atoms with van der Waals surface area (Å²) >= 11 is 0. The third kappa shape index (κ3) is 1.33. The van der Waals surface area contributed by atoms with Gasteiger partial charge in [-0.3, -0.25) is 9.97 Å². The van der Waals surface area contributed by atoms with Crippen molar-refractivity contribution in [3.8, 4) is 11.4 Å². The fourth-order valence-corrected chi connectivity index (χ4v) is 2.91. The quantitative estimate of drug-likeness (QED) is 0.731. The van der Waals surface area contributed by atoms with Crippen LogP contribution < -0.4 is 0 Å². The Hall–Kier alpha value is -2.52. The average Bonchev–Trinajstić information content (AvgIpc) is 2.80. The summed E-state index contributed by atoms with van der Waals surface area (Å²) in [6.07, 6.45) is 3.46. The Morgan fingerprint density at radius 2 is 1.25 bits per heavy atom. The van der Waals surface area contributed by atoms with Gasteiger partial charge in [0.1, 0.15) is 5.60 Å². The number of hydrogen-bond acceptors (Lipinski definition) is 3. The zero-order valence-electron chi connectivity index (χ0n) is 10.7. The zero-order valence-corrected chi connectivity index (χ0v) is 10.7. The summed E-state index contributed by atoms with van der Waals surface area (Å²) in [7, 11) is 0. The van der Waals surface area contributed by atoms with Crippen LogP contribution in [0.15, 0.2) is 67.0 Å². The largest absolute Gasteiger partial charge is 0.376 e. The predicted octanol–water partition coefficient (Wildman–Crippen LogP) is 2.74. The van der Waals surface area contributed by atoms with Crippen molar-refractivity contribution in [2.75, 3.05) is 0 Å². The van der Waals surface area contributed by atoms with Crippen LogP contribution in [0.2, 0.25) is 0 Å². The van der Waals surface area contributed by atoms with Crippen LogP contribution in [0.25, 0.3) is 11.4 Å². The minimum atomic E-state index is -1.17. The summed E-state index contributed by atoms with van der Waals surface area (Å²) in [6.45, 7) is 0. The summed E-state index contributed by atoms with van der Waals surface area (Å²) in [5, 5.41) is 11.4. The Balaban J connectivity index is 2.10. The van der Waals surface area contributed by atoms with E-state index in [1.165, 1.54) is 0 Å². The number of aromatic nitrogens is 2. The molecule has 4 rings (SSSR count). The third-order valence-electron chi connectivity index (χ3n) is 3.81. The molecule has 96 valence electrons. The van der Waals surface area contributed by atoms with Crippen molar-refractivity contribution in [1.82, 2.24) is 9.97 Å². The second-order valence-electron chi connectivity index (χ2n) is 4.88. The molecule has 1 N–H and O–H groups in total. The molecule has 0 radical (unpaired) electrons. The molecule has 0 saturated heterocycles. The molecule has 0 bridgehead atoms. The molecule has 0 aliphatic heterocycles. The Morgan fingerprint density at radius 1 is 0.700 bits per heavy atom. The van der Waals surface area contributed by atoms with Crippen molar-refractivity contribution in [2.45, 2.75) is 5.60 Å². The first-order valence-electron chi connectivity index (χ1n) is 6.51. The highest BCUT2D eigenvalue weighted by Gasteiger charge is 2.44. The molecule has 3 nitrogen and oxygen atoms in total. The van der Waals surface area contributed by atoms with E-state index in [9.17, 15) is 5.11 Å². The molecule has 3 aromatic rings. The molecule has 1 aromatic carbocycles. The van der Waals surface area contributed by atoms with Crippen molar-refractivity contribution in [3.63, 3.8) is 0 Å². The summed E-state index contributed by atoms with van der Waals surface area (Å²) in [5.41, 5.74) is 2.76. The van der Waals surface area contributed by atoms with Gasteiger partial charge in [0, 0.05) is 23.5 Å². The van der Waals surface area contributed by atoms with Crippen LogP contribution >= 0.6 is 0 Å². The maximum absolute atomic E-state index is 11.4. The molecule has 20 heavy (non-hydrogen) atoms. The number of rotatable bonds is 1. The highest BCUT2D eigenvalue weighted by Crippen LogP contribution is 2.48. The van der Waals surface area contributed by atoms with E-state index >= 15 is 0 Å². The Labute approximate surface area is 116 Å². The summed E-state index contributed by atoms with van der Waals surface area (Å²) in [5.74, 6) is 0. The second kappa shape index (κ2) is 3.99. The number of fused-ring (bicyclic) bond motifs is 3. The van der Waals surface area contributed by atoms with Crippen LogP contribution in [0.3, 0.4) is 0 Å². The second-order valence-corrected chi connectivity index (χ2v) is 4.88. The average molecular weight is 260 g/mol. The SMILES string of the molecule is OC1(c2ccccc2)c2cccnc2-c2ncccc21. The fourth-order valence-electron chi connectivity index (χ4n) is 2.91. The predicted molar refractivity (Wildman–Crippen MR) is 76.0 cm³/mol. The van der Waals surface area contributed by atoms with Gasteiger partial charge in [-0.2, -0.15) is 0 Å². The van der Waals surface area contributed by atoms with E-state index in [0.717, 1.165) is 28.1 Å². The molecule has 0 fully saturated rings. The van der Waals surface area contributed by atoms with Crippen molar-refractivity contribution >= 4 is 0 Å². The van der Waals surface area contributed by atoms with Crippen molar-refractivity contribution in [3.05, 3.63) is 83.7 Å². The zero-order chi connectivity index (χ0) is 13.6. The minimum Gasteiger partial charge on any atom is -0.376 e. The number of nitrogens with zero attached hydrogens (tertiary/aromatic N) is 2. The van der Waals surface area contributed by atoms with Crippen LogP contribution in [0, 0.1) is 0 Å². The van der Waals surface area contributed by atoms with E-state index < -0.39 is 5.60 Å². The van der Waals surface area contributed by atoms with E-state index in [1.807, 2.05) is 54.6 Å². The molecule has 1 aliphatic rings. The molecule has 2 aromatic heterocycles. The highest BCUT2D eigenvalue weighted by atomic mass is 16.3. The van der Waals surface area contributed by atoms with E-state index in [2.05, 4.69) is 9.97 Å². The lowest BCUT2D eigenvalue weighted by Crippen LogP contribution is -2.26. The maximum Gasteiger partial charge on any atom is 0.144 e. The van der Waals surface area contributed by atoms with Gasteiger partial charge >= 0.3 is 0 Å². The molecule has 0 atom stereocenters. The number of aliphatic hydroxyl groups is 1. The first kappa shape index (κ1) is 11.3. The lowest BCUT2D eigenvalue weighted by atomic mass is 9.85. The summed E-state index contributed by atoms with van der Waals surface area (Å²) in [4.78, 5) is 8.80. The number of pyridine rings is 2. The lowest BCUT2D eigenvalue weighted by molar-refractivity contribution is 0.130. The topological polar surface area (TPSA) is 46.0 Å². The highest BCUT2D eigenvalue weighted by molar-refractivity contribution is 5.76. The molecule has 0 saturated carbocycles. The van der Waals surface area contributed by atoms with Crippen molar-refractivity contribution < 1.29 is 5.11 Å². The first-order valence-corrected chi connectivity index (χ1v) is 6.51. The van der Waals surface area contributed by atoms with E-state index in [4.69, 9.17) is 0 Å². The smallest absolute Gasteiger partial charge is 0.144 e. The molecule has 0 unspecified atom stereocenters.